The average molecular weight is 292 g/mol. The third kappa shape index (κ3) is 2.02. The highest BCUT2D eigenvalue weighted by atomic mass is 16.2. The first-order chi connectivity index (χ1) is 10.7. The third-order valence-electron chi connectivity index (χ3n) is 4.10. The molecule has 3 heterocycles. The van der Waals surface area contributed by atoms with Gasteiger partial charge in [0.15, 0.2) is 0 Å². The van der Waals surface area contributed by atoms with E-state index in [4.69, 9.17) is 0 Å². The van der Waals surface area contributed by atoms with E-state index in [1.807, 2.05) is 23.2 Å². The number of fused-ring (bicyclic) bond motifs is 2. The van der Waals surface area contributed by atoms with Crippen LogP contribution < -0.4 is 10.2 Å². The highest BCUT2D eigenvalue weighted by Gasteiger charge is 2.31. The molecule has 1 aliphatic heterocycles. The summed E-state index contributed by atoms with van der Waals surface area (Å²) in [7, 11) is 0. The van der Waals surface area contributed by atoms with Gasteiger partial charge < -0.3 is 10.3 Å². The lowest BCUT2D eigenvalue weighted by Gasteiger charge is -2.23. The minimum Gasteiger partial charge on any atom is -0.361 e. The summed E-state index contributed by atoms with van der Waals surface area (Å²) < 4.78 is 0. The van der Waals surface area contributed by atoms with Crippen molar-refractivity contribution in [1.29, 1.82) is 0 Å². The minimum absolute atomic E-state index is 0.117. The predicted molar refractivity (Wildman–Crippen MR) is 87.2 cm³/mol. The molecule has 2 N–H and O–H groups in total. The number of urea groups is 1. The average Bonchev–Trinajstić information content (AvgIpc) is 3.08. The number of aromatic nitrogens is 2. The van der Waals surface area contributed by atoms with Crippen LogP contribution in [0.15, 0.2) is 48.9 Å². The fraction of sp³-hybridized carbons (Fsp3) is 0.176. The second kappa shape index (κ2) is 4.87. The molecule has 0 saturated heterocycles. The number of anilines is 2. The molecule has 5 nitrogen and oxygen atoms in total. The van der Waals surface area contributed by atoms with Gasteiger partial charge >= 0.3 is 6.03 Å². The van der Waals surface area contributed by atoms with Gasteiger partial charge in [-0.2, -0.15) is 0 Å². The summed E-state index contributed by atoms with van der Waals surface area (Å²) in [4.78, 5) is 21.7. The van der Waals surface area contributed by atoms with Crippen LogP contribution in [0, 0.1) is 0 Å². The van der Waals surface area contributed by atoms with Crippen molar-refractivity contribution < 1.29 is 4.79 Å². The number of hydrogen-bond donors (Lipinski definition) is 2. The molecule has 1 unspecified atom stereocenters. The van der Waals surface area contributed by atoms with Crippen LogP contribution in [-0.2, 0) is 6.42 Å². The Morgan fingerprint density at radius 1 is 1.41 bits per heavy atom. The van der Waals surface area contributed by atoms with Crippen molar-refractivity contribution in [3.8, 4) is 0 Å². The number of amides is 2. The fourth-order valence-corrected chi connectivity index (χ4v) is 3.10. The molecule has 4 rings (SSSR count). The Bertz CT molecular complexity index is 840. The first-order valence-corrected chi connectivity index (χ1v) is 7.32. The maximum Gasteiger partial charge on any atom is 0.326 e. The molecule has 0 saturated carbocycles. The van der Waals surface area contributed by atoms with Crippen LogP contribution in [0.2, 0.25) is 0 Å². The molecule has 1 atom stereocenters. The van der Waals surface area contributed by atoms with E-state index in [1.54, 1.807) is 18.5 Å². The number of pyridine rings is 1. The first kappa shape index (κ1) is 12.9. The lowest BCUT2D eigenvalue weighted by atomic mass is 10.1. The number of nitrogens with one attached hydrogen (secondary N) is 2. The van der Waals surface area contributed by atoms with Crippen molar-refractivity contribution in [2.45, 2.75) is 19.4 Å². The van der Waals surface area contributed by atoms with E-state index >= 15 is 0 Å². The largest absolute Gasteiger partial charge is 0.361 e. The summed E-state index contributed by atoms with van der Waals surface area (Å²) in [6.07, 6.45) is 6.12. The lowest BCUT2D eigenvalue weighted by molar-refractivity contribution is 0.256. The molecule has 2 amide bonds. The van der Waals surface area contributed by atoms with Crippen molar-refractivity contribution >= 4 is 28.3 Å². The van der Waals surface area contributed by atoms with Crippen LogP contribution in [0.25, 0.3) is 10.9 Å². The van der Waals surface area contributed by atoms with Gasteiger partial charge in [-0.1, -0.05) is 0 Å². The van der Waals surface area contributed by atoms with Crippen LogP contribution >= 0.6 is 0 Å². The highest BCUT2D eigenvalue weighted by molar-refractivity contribution is 6.05. The van der Waals surface area contributed by atoms with E-state index in [-0.39, 0.29) is 12.1 Å². The molecule has 0 bridgehead atoms. The number of nitrogens with zero attached hydrogens (tertiary/aromatic N) is 2. The molecule has 1 aliphatic rings. The number of H-pyrrole nitrogens is 1. The van der Waals surface area contributed by atoms with Crippen molar-refractivity contribution in [3.63, 3.8) is 0 Å². The number of carbonyl (C=O) groups is 1. The van der Waals surface area contributed by atoms with Gasteiger partial charge in [-0.15, -0.1) is 0 Å². The first-order valence-electron chi connectivity index (χ1n) is 7.32. The van der Waals surface area contributed by atoms with Gasteiger partial charge in [0.2, 0.25) is 0 Å². The van der Waals surface area contributed by atoms with E-state index in [2.05, 4.69) is 34.3 Å². The number of aromatic amines is 1. The second-order valence-electron chi connectivity index (χ2n) is 5.64. The van der Waals surface area contributed by atoms with Crippen LogP contribution in [0.5, 0.6) is 0 Å². The molecule has 2 aromatic heterocycles. The maximum atomic E-state index is 12.6. The predicted octanol–water partition coefficient (Wildman–Crippen LogP) is 3.55. The number of benzene rings is 1. The van der Waals surface area contributed by atoms with Crippen molar-refractivity contribution in [3.05, 3.63) is 54.5 Å². The zero-order valence-corrected chi connectivity index (χ0v) is 12.2. The minimum atomic E-state index is -0.117. The number of hydrogen-bond acceptors (Lipinski definition) is 2. The monoisotopic (exact) mass is 292 g/mol. The second-order valence-corrected chi connectivity index (χ2v) is 5.64. The Hall–Kier alpha value is -2.82. The Balaban J connectivity index is 1.69. The van der Waals surface area contributed by atoms with Gasteiger partial charge in [0.05, 0.1) is 11.9 Å². The van der Waals surface area contributed by atoms with Gasteiger partial charge in [0.25, 0.3) is 0 Å². The Morgan fingerprint density at radius 2 is 2.32 bits per heavy atom. The van der Waals surface area contributed by atoms with Gasteiger partial charge in [0, 0.05) is 35.0 Å². The fourth-order valence-electron chi connectivity index (χ4n) is 3.10. The topological polar surface area (TPSA) is 61.0 Å². The molecule has 0 aliphatic carbocycles. The summed E-state index contributed by atoms with van der Waals surface area (Å²) in [6.45, 7) is 2.07. The summed E-state index contributed by atoms with van der Waals surface area (Å²) in [5.74, 6) is 0. The summed E-state index contributed by atoms with van der Waals surface area (Å²) in [5, 5.41) is 4.03. The Morgan fingerprint density at radius 3 is 3.14 bits per heavy atom. The maximum absolute atomic E-state index is 12.6. The molecule has 0 fully saturated rings. The summed E-state index contributed by atoms with van der Waals surface area (Å²) in [6, 6.07) is 9.90. The Kier molecular flexibility index (Phi) is 2.85. The molecule has 0 spiro atoms. The van der Waals surface area contributed by atoms with Gasteiger partial charge in [-0.3, -0.25) is 9.88 Å². The SMILES string of the molecule is CC1Cc2cc3[nH]ccc3cc2N1C(=O)Nc1cccnc1. The molecular formula is C17H16N4O. The van der Waals surface area contributed by atoms with Crippen LogP contribution in [0.1, 0.15) is 12.5 Å². The van der Waals surface area contributed by atoms with Crippen molar-refractivity contribution in [2.75, 3.05) is 10.2 Å². The van der Waals surface area contributed by atoms with Gasteiger partial charge in [0.1, 0.15) is 0 Å². The zero-order valence-electron chi connectivity index (χ0n) is 12.2. The molecule has 3 aromatic rings. The quantitative estimate of drug-likeness (QED) is 0.720. The molecule has 22 heavy (non-hydrogen) atoms. The number of rotatable bonds is 1. The van der Waals surface area contributed by atoms with E-state index in [1.165, 1.54) is 5.56 Å². The van der Waals surface area contributed by atoms with Crippen LogP contribution in [-0.4, -0.2) is 22.0 Å². The normalized spacial score (nSPS) is 16.8. The lowest BCUT2D eigenvalue weighted by Crippen LogP contribution is -2.39. The standard InChI is InChI=1S/C17H16N4O/c1-11-7-13-8-15-12(4-6-19-15)9-16(13)21(11)17(22)20-14-3-2-5-18-10-14/h2-6,8-11,19H,7H2,1H3,(H,20,22). The number of carbonyl (C=O) groups excluding carboxylic acids is 1. The van der Waals surface area contributed by atoms with E-state index in [0.717, 1.165) is 23.0 Å². The van der Waals surface area contributed by atoms with Crippen LogP contribution in [0.4, 0.5) is 16.2 Å². The molecule has 1 aromatic carbocycles. The smallest absolute Gasteiger partial charge is 0.326 e. The molecular weight excluding hydrogens is 276 g/mol. The van der Waals surface area contributed by atoms with Gasteiger partial charge in [-0.05, 0) is 49.2 Å². The molecule has 0 radical (unpaired) electrons. The third-order valence-corrected chi connectivity index (χ3v) is 4.10. The van der Waals surface area contributed by atoms with Crippen molar-refractivity contribution in [2.24, 2.45) is 0 Å². The van der Waals surface area contributed by atoms with Crippen molar-refractivity contribution in [1.82, 2.24) is 9.97 Å². The van der Waals surface area contributed by atoms with E-state index in [9.17, 15) is 4.79 Å². The summed E-state index contributed by atoms with van der Waals surface area (Å²) >= 11 is 0. The van der Waals surface area contributed by atoms with Crippen LogP contribution in [0.3, 0.4) is 0 Å². The molecule has 5 heteroatoms. The highest BCUT2D eigenvalue weighted by Crippen LogP contribution is 2.35. The summed E-state index contributed by atoms with van der Waals surface area (Å²) in [5.41, 5.74) is 4.00. The molecule has 110 valence electrons. The Labute approximate surface area is 128 Å². The van der Waals surface area contributed by atoms with Gasteiger partial charge in [-0.25, -0.2) is 4.79 Å². The van der Waals surface area contributed by atoms with E-state index < -0.39 is 0 Å². The zero-order chi connectivity index (χ0) is 15.1. The van der Waals surface area contributed by atoms with E-state index in [0.29, 0.717) is 5.69 Å².